The van der Waals surface area contributed by atoms with E-state index in [9.17, 15) is 19.7 Å². The topological polar surface area (TPSA) is 110 Å². The average Bonchev–Trinajstić information content (AvgIpc) is 3.35. The summed E-state index contributed by atoms with van der Waals surface area (Å²) in [7, 11) is 1.75. The number of hydrogen-bond donors (Lipinski definition) is 2. The molecule has 2 aromatic heterocycles. The van der Waals surface area contributed by atoms with Crippen molar-refractivity contribution in [2.45, 2.75) is 0 Å². The van der Waals surface area contributed by atoms with E-state index >= 15 is 0 Å². The number of nitro benzene ring substituents is 1. The molecule has 2 aromatic carbocycles. The normalized spacial score (nSPS) is 14.2. The molecule has 0 radical (unpaired) electrons. The number of benzene rings is 2. The molecular weight excluding hydrogens is 372 g/mol. The van der Waals surface area contributed by atoms with Gasteiger partial charge in [-0.05, 0) is 12.1 Å². The summed E-state index contributed by atoms with van der Waals surface area (Å²) < 4.78 is 1.72. The lowest BCUT2D eigenvalue weighted by Gasteiger charge is -2.03. The van der Waals surface area contributed by atoms with Gasteiger partial charge >= 0.3 is 0 Å². The molecule has 0 saturated carbocycles. The maximum Gasteiger partial charge on any atom is 0.271 e. The van der Waals surface area contributed by atoms with Crippen LogP contribution in [0.5, 0.6) is 0 Å². The third-order valence-electron chi connectivity index (χ3n) is 5.24. The molecule has 2 amide bonds. The molecule has 29 heavy (non-hydrogen) atoms. The van der Waals surface area contributed by atoms with Gasteiger partial charge < -0.3 is 9.55 Å². The zero-order valence-electron chi connectivity index (χ0n) is 15.2. The number of nitro groups is 1. The summed E-state index contributed by atoms with van der Waals surface area (Å²) in [6.07, 6.45) is 3.44. The summed E-state index contributed by atoms with van der Waals surface area (Å²) in [5.41, 5.74) is 3.17. The highest BCUT2D eigenvalue weighted by molar-refractivity contribution is 6.50. The molecule has 1 aliphatic heterocycles. The van der Waals surface area contributed by atoms with Crippen LogP contribution in [0, 0.1) is 10.1 Å². The van der Waals surface area contributed by atoms with E-state index in [2.05, 4.69) is 10.3 Å². The number of rotatable bonds is 3. The number of imide groups is 1. The van der Waals surface area contributed by atoms with Gasteiger partial charge in [0, 0.05) is 61.8 Å². The molecule has 8 nitrogen and oxygen atoms in total. The van der Waals surface area contributed by atoms with Crippen molar-refractivity contribution >= 4 is 50.5 Å². The van der Waals surface area contributed by atoms with Crippen LogP contribution in [0.1, 0.15) is 14.0 Å². The van der Waals surface area contributed by atoms with Gasteiger partial charge in [-0.3, -0.25) is 25.0 Å². The van der Waals surface area contributed by atoms with Crippen molar-refractivity contribution < 1.29 is 17.4 Å². The highest BCUT2D eigenvalue weighted by Crippen LogP contribution is 2.38. The van der Waals surface area contributed by atoms with Gasteiger partial charge in [-0.2, -0.15) is 0 Å². The van der Waals surface area contributed by atoms with E-state index in [4.69, 9.17) is 0 Å². The van der Waals surface area contributed by atoms with Gasteiger partial charge in [0.15, 0.2) is 0 Å². The lowest BCUT2D eigenvalue weighted by Crippen LogP contribution is -2.22. The van der Waals surface area contributed by atoms with Gasteiger partial charge in [0.25, 0.3) is 17.5 Å². The van der Waals surface area contributed by atoms with Crippen LogP contribution in [-0.4, -0.2) is 26.3 Å². The predicted octanol–water partition coefficient (Wildman–Crippen LogP) is 3.63. The fourth-order valence-electron chi connectivity index (χ4n) is 3.93. The molecule has 146 valence electrons. The number of non-ortho nitro benzene ring substituents is 1. The van der Waals surface area contributed by atoms with Crippen molar-refractivity contribution in [3.63, 3.8) is 0 Å². The van der Waals surface area contributed by atoms with E-state index in [1.54, 1.807) is 30.1 Å². The van der Waals surface area contributed by atoms with Gasteiger partial charge in [-0.25, -0.2) is 0 Å². The number of para-hydroxylation sites is 1. The monoisotopic (exact) mass is 390 g/mol. The first-order valence-electron chi connectivity index (χ1n) is 8.86. The van der Waals surface area contributed by atoms with Gasteiger partial charge in [-0.15, -0.1) is 0 Å². The van der Waals surface area contributed by atoms with Crippen molar-refractivity contribution in [2.24, 2.45) is 7.05 Å². The highest BCUT2D eigenvalue weighted by Gasteiger charge is 2.35. The molecule has 0 spiro atoms. The van der Waals surface area contributed by atoms with Crippen LogP contribution >= 0.6 is 0 Å². The molecule has 3 heterocycles. The maximum absolute atomic E-state index is 12.7. The predicted molar refractivity (Wildman–Crippen MR) is 112 cm³/mol. The Morgan fingerprint density at radius 2 is 1.72 bits per heavy atom. The number of H-pyrrole nitrogens is 1. The SMILES string of the molecule is Cn1cc(C2=C(c3c[nH]c4ccccc34)C(=O)NC2=O)c2ccc([N+](=O)[O-])cc21.[HH].[HH]. The van der Waals surface area contributed by atoms with Crippen molar-refractivity contribution in [1.29, 1.82) is 0 Å². The Morgan fingerprint density at radius 1 is 1.00 bits per heavy atom. The Kier molecular flexibility index (Phi) is 3.44. The Hall–Kier alpha value is -4.20. The van der Waals surface area contributed by atoms with E-state index in [0.717, 1.165) is 10.9 Å². The second-order valence-electron chi connectivity index (χ2n) is 6.89. The number of hydrogen-bond acceptors (Lipinski definition) is 4. The molecule has 1 aliphatic rings. The zero-order chi connectivity index (χ0) is 20.3. The fraction of sp³-hybridized carbons (Fsp3) is 0.0476. The number of carbonyl (C=O) groups is 2. The molecule has 8 heteroatoms. The van der Waals surface area contributed by atoms with Gasteiger partial charge in [0.2, 0.25) is 0 Å². The minimum atomic E-state index is -0.485. The van der Waals surface area contributed by atoms with Crippen LogP contribution < -0.4 is 5.32 Å². The summed E-state index contributed by atoms with van der Waals surface area (Å²) >= 11 is 0. The molecule has 0 fully saturated rings. The lowest BCUT2D eigenvalue weighted by atomic mass is 9.95. The zero-order valence-corrected chi connectivity index (χ0v) is 15.2. The van der Waals surface area contributed by atoms with Crippen molar-refractivity contribution in [2.75, 3.05) is 0 Å². The van der Waals surface area contributed by atoms with E-state index < -0.39 is 16.7 Å². The molecule has 4 aromatic rings. The van der Waals surface area contributed by atoms with Crippen LogP contribution in [-0.2, 0) is 16.6 Å². The Balaban J connectivity index is 0.00000136. The lowest BCUT2D eigenvalue weighted by molar-refractivity contribution is -0.384. The summed E-state index contributed by atoms with van der Waals surface area (Å²) in [5.74, 6) is -0.949. The largest absolute Gasteiger partial charge is 0.361 e. The van der Waals surface area contributed by atoms with Crippen LogP contribution in [0.3, 0.4) is 0 Å². The smallest absolute Gasteiger partial charge is 0.271 e. The fourth-order valence-corrected chi connectivity index (χ4v) is 3.93. The average molecular weight is 390 g/mol. The number of aryl methyl sites for hydroxylation is 1. The van der Waals surface area contributed by atoms with Crippen LogP contribution in [0.15, 0.2) is 54.9 Å². The van der Waals surface area contributed by atoms with Gasteiger partial charge in [-0.1, -0.05) is 18.2 Å². The summed E-state index contributed by atoms with van der Waals surface area (Å²) in [6, 6.07) is 12.0. The minimum absolute atomic E-state index is 0. The first-order valence-corrected chi connectivity index (χ1v) is 8.86. The number of fused-ring (bicyclic) bond motifs is 2. The quantitative estimate of drug-likeness (QED) is 0.316. The molecule has 2 N–H and O–H groups in total. The Morgan fingerprint density at radius 3 is 2.48 bits per heavy atom. The molecular formula is C21H18N4O4. The standard InChI is InChI=1S/C21H14N4O4.2H2/c1-24-10-15(13-7-6-11(25(28)29)8-17(13)24)19-18(20(26)23-21(19)27)14-9-22-16-5-3-2-4-12(14)16;;/h2-10,22H,1H3,(H,23,26,27);2*1H. The van der Waals surface area contributed by atoms with Crippen molar-refractivity contribution in [3.05, 3.63) is 76.1 Å². The van der Waals surface area contributed by atoms with E-state index in [1.807, 2.05) is 24.3 Å². The van der Waals surface area contributed by atoms with E-state index in [0.29, 0.717) is 27.6 Å². The van der Waals surface area contributed by atoms with Crippen LogP contribution in [0.25, 0.3) is 33.0 Å². The summed E-state index contributed by atoms with van der Waals surface area (Å²) in [6.45, 7) is 0. The number of nitrogens with zero attached hydrogens (tertiary/aromatic N) is 2. The molecule has 0 bridgehead atoms. The van der Waals surface area contributed by atoms with Gasteiger partial charge in [0.1, 0.15) is 0 Å². The van der Waals surface area contributed by atoms with Crippen LogP contribution in [0.2, 0.25) is 0 Å². The Bertz CT molecular complexity index is 1420. The number of aromatic amines is 1. The molecule has 0 aliphatic carbocycles. The van der Waals surface area contributed by atoms with Crippen molar-refractivity contribution in [3.8, 4) is 0 Å². The first-order chi connectivity index (χ1) is 14.0. The van der Waals surface area contributed by atoms with Crippen molar-refractivity contribution in [1.82, 2.24) is 14.9 Å². The molecule has 5 rings (SSSR count). The second kappa shape index (κ2) is 5.90. The maximum atomic E-state index is 12.7. The third kappa shape index (κ3) is 2.39. The third-order valence-corrected chi connectivity index (χ3v) is 5.24. The van der Waals surface area contributed by atoms with Crippen LogP contribution in [0.4, 0.5) is 5.69 Å². The number of nitrogens with one attached hydrogen (secondary N) is 2. The van der Waals surface area contributed by atoms with E-state index in [1.165, 1.54) is 12.1 Å². The minimum Gasteiger partial charge on any atom is -0.361 e. The highest BCUT2D eigenvalue weighted by atomic mass is 16.6. The molecule has 0 atom stereocenters. The number of amides is 2. The molecule has 0 unspecified atom stereocenters. The number of aromatic nitrogens is 2. The summed E-state index contributed by atoms with van der Waals surface area (Å²) in [5, 5.41) is 15.0. The van der Waals surface area contributed by atoms with E-state index in [-0.39, 0.29) is 14.1 Å². The Labute approximate surface area is 166 Å². The summed E-state index contributed by atoms with van der Waals surface area (Å²) in [4.78, 5) is 39.2. The first kappa shape index (κ1) is 16.9. The number of carbonyl (C=O) groups excluding carboxylic acids is 2. The van der Waals surface area contributed by atoms with Gasteiger partial charge in [0.05, 0.1) is 21.6 Å². The second-order valence-corrected chi connectivity index (χ2v) is 6.89. The molecule has 0 saturated heterocycles.